The Morgan fingerprint density at radius 2 is 1.37 bits per heavy atom. The second kappa shape index (κ2) is 13.8. The first-order valence-corrected chi connectivity index (χ1v) is 19.7. The summed E-state index contributed by atoms with van der Waals surface area (Å²) in [6.07, 6.45) is 5.10. The van der Waals surface area contributed by atoms with Crippen LogP contribution in [0.1, 0.15) is 77.1 Å². The number of H-pyrrole nitrogens is 2. The van der Waals surface area contributed by atoms with Gasteiger partial charge in [-0.15, -0.1) is 0 Å². The van der Waals surface area contributed by atoms with Crippen LogP contribution < -0.4 is 10.6 Å². The summed E-state index contributed by atoms with van der Waals surface area (Å²) < 4.78 is 4.80. The number of carbonyl (C=O) groups is 4. The summed E-state index contributed by atoms with van der Waals surface area (Å²) >= 11 is 0. The van der Waals surface area contributed by atoms with E-state index >= 15 is 0 Å². The molecule has 2 aromatic carbocycles. The van der Waals surface area contributed by atoms with Crippen LogP contribution >= 0.6 is 0 Å². The predicted octanol–water partition coefficient (Wildman–Crippen LogP) is 5.56. The smallest absolute Gasteiger partial charge is 0.407 e. The normalized spacial score (nSPS) is 24.4. The van der Waals surface area contributed by atoms with Crippen molar-refractivity contribution in [2.75, 3.05) is 7.11 Å². The number of hydrogen-bond donors (Lipinski definition) is 5. The molecule has 5 heterocycles. The molecule has 4 fully saturated rings. The molecule has 2 aliphatic heterocycles. The molecule has 2 saturated heterocycles. The third kappa shape index (κ3) is 6.59. The number of benzene rings is 2. The van der Waals surface area contributed by atoms with E-state index in [1.54, 1.807) is 12.4 Å². The van der Waals surface area contributed by atoms with E-state index in [1.165, 1.54) is 7.11 Å². The van der Waals surface area contributed by atoms with Crippen molar-refractivity contribution in [2.24, 2.45) is 23.7 Å². The van der Waals surface area contributed by atoms with Gasteiger partial charge in [0.05, 0.1) is 47.5 Å². The number of rotatable bonds is 10. The summed E-state index contributed by atoms with van der Waals surface area (Å²) in [5, 5.41) is 14.5. The van der Waals surface area contributed by atoms with Crippen molar-refractivity contribution in [3.8, 4) is 22.5 Å². The molecular weight excluding hydrogens is 729 g/mol. The minimum Gasteiger partial charge on any atom is -0.465 e. The minimum absolute atomic E-state index is 0.0954. The molecular formula is C41H46N10O6. The van der Waals surface area contributed by atoms with Gasteiger partial charge >= 0.3 is 12.2 Å². The SMILES string of the molecule is COC(=O)N[C@H](C(=O)N1[C@@H]2C[C@@H]2C[C@H]1c1nc2cc(-c3ccc4nc(-c5c[nH]c([C@@H]6C[C@H]7C[C@H]7N6C(=O)[C@@H](NC(=O)O)C(C)C)n5)cnc4c3)ccc2[nH]1)C(C)C. The van der Waals surface area contributed by atoms with Gasteiger partial charge in [0.2, 0.25) is 11.8 Å². The first-order valence-electron chi connectivity index (χ1n) is 19.7. The molecule has 0 bridgehead atoms. The molecule has 16 nitrogen and oxygen atoms in total. The number of carbonyl (C=O) groups excluding carboxylic acids is 3. The summed E-state index contributed by atoms with van der Waals surface area (Å²) in [4.78, 5) is 81.0. The Bertz CT molecular complexity index is 2420. The van der Waals surface area contributed by atoms with Gasteiger partial charge in [-0.2, -0.15) is 0 Å². The molecule has 5 aromatic rings. The lowest BCUT2D eigenvalue weighted by molar-refractivity contribution is -0.137. The highest BCUT2D eigenvalue weighted by atomic mass is 16.5. The molecule has 8 atom stereocenters. The Morgan fingerprint density at radius 3 is 2.00 bits per heavy atom. The number of fused-ring (bicyclic) bond motifs is 4. The number of aromatic nitrogens is 6. The molecule has 0 spiro atoms. The highest BCUT2D eigenvalue weighted by Gasteiger charge is 2.57. The Labute approximate surface area is 328 Å². The first kappa shape index (κ1) is 36.6. The van der Waals surface area contributed by atoms with Crippen LogP contribution in [0.2, 0.25) is 0 Å². The Morgan fingerprint density at radius 1 is 0.754 bits per heavy atom. The number of alkyl carbamates (subject to hydrolysis) is 1. The van der Waals surface area contributed by atoms with E-state index in [1.807, 2.05) is 73.9 Å². The molecule has 57 heavy (non-hydrogen) atoms. The predicted molar refractivity (Wildman–Crippen MR) is 208 cm³/mol. The van der Waals surface area contributed by atoms with Gasteiger partial charge < -0.3 is 40.2 Å². The zero-order valence-electron chi connectivity index (χ0n) is 32.4. The third-order valence-corrected chi connectivity index (χ3v) is 12.2. The van der Waals surface area contributed by atoms with Crippen LogP contribution in [0.5, 0.6) is 0 Å². The van der Waals surface area contributed by atoms with Gasteiger partial charge in [-0.3, -0.25) is 14.6 Å². The van der Waals surface area contributed by atoms with E-state index < -0.39 is 24.3 Å². The summed E-state index contributed by atoms with van der Waals surface area (Å²) in [5.41, 5.74) is 6.19. The summed E-state index contributed by atoms with van der Waals surface area (Å²) in [7, 11) is 1.29. The number of carboxylic acid groups (broad SMARTS) is 1. The number of likely N-dealkylation sites (tertiary alicyclic amines) is 2. The topological polar surface area (TPSA) is 211 Å². The number of piperidine rings is 2. The zero-order chi connectivity index (χ0) is 39.9. The first-order chi connectivity index (χ1) is 27.4. The lowest BCUT2D eigenvalue weighted by atomic mass is 10.0. The van der Waals surface area contributed by atoms with Crippen LogP contribution in [0.4, 0.5) is 9.59 Å². The maximum Gasteiger partial charge on any atom is 0.407 e. The zero-order valence-corrected chi connectivity index (χ0v) is 32.4. The molecule has 3 aromatic heterocycles. The number of nitrogens with one attached hydrogen (secondary N) is 4. The van der Waals surface area contributed by atoms with E-state index in [-0.39, 0.29) is 47.8 Å². The second-order valence-corrected chi connectivity index (χ2v) is 16.6. The molecule has 2 saturated carbocycles. The van der Waals surface area contributed by atoms with E-state index in [9.17, 15) is 24.3 Å². The van der Waals surface area contributed by atoms with Crippen LogP contribution in [-0.2, 0) is 14.3 Å². The lowest BCUT2D eigenvalue weighted by Gasteiger charge is -2.31. The number of nitrogens with zero attached hydrogens (tertiary/aromatic N) is 6. The van der Waals surface area contributed by atoms with Crippen LogP contribution in [0, 0.1) is 23.7 Å². The average molecular weight is 775 g/mol. The quantitative estimate of drug-likeness (QED) is 0.119. The van der Waals surface area contributed by atoms with E-state index in [0.717, 1.165) is 53.7 Å². The third-order valence-electron chi connectivity index (χ3n) is 12.2. The van der Waals surface area contributed by atoms with Crippen LogP contribution in [0.15, 0.2) is 48.8 Å². The van der Waals surface area contributed by atoms with Crippen molar-refractivity contribution < 1.29 is 29.0 Å². The Kier molecular flexibility index (Phi) is 8.88. The van der Waals surface area contributed by atoms with E-state index in [0.29, 0.717) is 40.1 Å². The standard InChI is InChI=1S/C41H46N10O6/c1-18(2)34(48-40(54)55)38(52)50-30-12-22(30)14-32(50)36-43-17-29(47-36)28-16-42-26-10-20(6-8-24(26)44-28)21-7-9-25-27(11-21)46-37(45-25)33-15-23-13-31(23)51(33)39(53)35(19(3)4)49-41(56)57-5/h6-11,16-19,22-23,30-35,48H,12-15H2,1-5H3,(H,43,47)(H,45,46)(H,49,56)(H,54,55)/t22-,23-,30-,31-,32+,33+,34+,35+/m1/s1. The lowest BCUT2D eigenvalue weighted by Crippen LogP contribution is -2.52. The molecule has 296 valence electrons. The molecule has 16 heteroatoms. The maximum absolute atomic E-state index is 13.9. The van der Waals surface area contributed by atoms with Gasteiger partial charge in [-0.1, -0.05) is 39.8 Å². The largest absolute Gasteiger partial charge is 0.465 e. The highest BCUT2D eigenvalue weighted by Crippen LogP contribution is 2.54. The van der Waals surface area contributed by atoms with Gasteiger partial charge in [-0.25, -0.2) is 24.5 Å². The number of ether oxygens (including phenoxy) is 1. The van der Waals surface area contributed by atoms with Crippen molar-refractivity contribution in [1.29, 1.82) is 0 Å². The van der Waals surface area contributed by atoms with Crippen LogP contribution in [-0.4, -0.2) is 100 Å². The van der Waals surface area contributed by atoms with Crippen molar-refractivity contribution in [1.82, 2.24) is 50.3 Å². The average Bonchev–Trinajstić information content (AvgIpc) is 3.82. The van der Waals surface area contributed by atoms with Crippen LogP contribution in [0.25, 0.3) is 44.6 Å². The van der Waals surface area contributed by atoms with Gasteiger partial charge in [0.15, 0.2) is 0 Å². The molecule has 0 unspecified atom stereocenters. The molecule has 4 amide bonds. The van der Waals surface area contributed by atoms with E-state index in [4.69, 9.17) is 24.7 Å². The van der Waals surface area contributed by atoms with Gasteiger partial charge in [0.25, 0.3) is 0 Å². The van der Waals surface area contributed by atoms with Gasteiger partial charge in [-0.05, 0) is 84.7 Å². The van der Waals surface area contributed by atoms with E-state index in [2.05, 4.69) is 20.6 Å². The van der Waals surface area contributed by atoms with Gasteiger partial charge in [0, 0.05) is 18.3 Å². The van der Waals surface area contributed by atoms with Gasteiger partial charge in [0.1, 0.15) is 35.1 Å². The summed E-state index contributed by atoms with van der Waals surface area (Å²) in [5.74, 6) is 1.55. The number of aromatic amines is 2. The van der Waals surface area contributed by atoms with Crippen molar-refractivity contribution in [3.63, 3.8) is 0 Å². The minimum atomic E-state index is -1.22. The van der Waals surface area contributed by atoms with Crippen LogP contribution in [0.3, 0.4) is 0 Å². The summed E-state index contributed by atoms with van der Waals surface area (Å²) in [6, 6.07) is 10.2. The summed E-state index contributed by atoms with van der Waals surface area (Å²) in [6.45, 7) is 7.50. The molecule has 2 aliphatic carbocycles. The number of methoxy groups -OCH3 is 1. The molecule has 4 aliphatic rings. The number of hydrogen-bond acceptors (Lipinski definition) is 9. The fraction of sp³-hybridized carbons (Fsp3) is 0.463. The molecule has 5 N–H and O–H groups in total. The molecule has 0 radical (unpaired) electrons. The Balaban J connectivity index is 0.927. The number of amides is 4. The maximum atomic E-state index is 13.9. The highest BCUT2D eigenvalue weighted by molar-refractivity contribution is 5.89. The number of imidazole rings is 2. The Hall–Kier alpha value is -6.06. The molecule has 9 rings (SSSR count). The van der Waals surface area contributed by atoms with Crippen molar-refractivity contribution in [3.05, 3.63) is 60.4 Å². The fourth-order valence-electron chi connectivity index (χ4n) is 9.02. The fourth-order valence-corrected chi connectivity index (χ4v) is 9.02. The second-order valence-electron chi connectivity index (χ2n) is 16.6. The van der Waals surface area contributed by atoms with Crippen molar-refractivity contribution >= 4 is 46.1 Å². The van der Waals surface area contributed by atoms with Crippen molar-refractivity contribution in [2.45, 2.75) is 89.6 Å². The monoisotopic (exact) mass is 774 g/mol.